The number of aromatic nitrogens is 2. The van der Waals surface area contributed by atoms with Crippen LogP contribution in [-0.4, -0.2) is 16.3 Å². The van der Waals surface area contributed by atoms with Crippen molar-refractivity contribution < 1.29 is 0 Å². The molecule has 0 unspecified atom stereocenters. The number of hydrogen-bond donors (Lipinski definition) is 1. The van der Waals surface area contributed by atoms with Gasteiger partial charge in [-0.3, -0.25) is 0 Å². The number of hydrogen-bond acceptors (Lipinski definition) is 2. The molecule has 21 heavy (non-hydrogen) atoms. The van der Waals surface area contributed by atoms with E-state index >= 15 is 0 Å². The molecule has 1 aromatic carbocycles. The molecule has 2 rings (SSSR count). The molecule has 3 nitrogen and oxygen atoms in total. The van der Waals surface area contributed by atoms with Crippen LogP contribution in [0.4, 0.5) is 0 Å². The van der Waals surface area contributed by atoms with Crippen LogP contribution >= 0.6 is 0 Å². The lowest BCUT2D eigenvalue weighted by molar-refractivity contribution is 0.658. The first kappa shape index (κ1) is 15.8. The number of benzene rings is 1. The summed E-state index contributed by atoms with van der Waals surface area (Å²) in [5.74, 6) is 0.450. The van der Waals surface area contributed by atoms with Crippen LogP contribution in [0.1, 0.15) is 55.5 Å². The average molecular weight is 285 g/mol. The minimum atomic E-state index is 0.450. The molecule has 0 saturated heterocycles. The third-order valence-corrected chi connectivity index (χ3v) is 3.77. The molecule has 0 spiro atoms. The molecule has 0 aliphatic rings. The molecule has 1 aromatic heterocycles. The van der Waals surface area contributed by atoms with E-state index in [2.05, 4.69) is 67.9 Å². The first-order valence-corrected chi connectivity index (χ1v) is 7.89. The fourth-order valence-electron chi connectivity index (χ4n) is 2.68. The Kier molecular flexibility index (Phi) is 5.18. The molecular formula is C18H27N3. The zero-order valence-electron chi connectivity index (χ0n) is 13.9. The maximum atomic E-state index is 4.66. The van der Waals surface area contributed by atoms with Crippen molar-refractivity contribution in [2.24, 2.45) is 0 Å². The highest BCUT2D eigenvalue weighted by Gasteiger charge is 2.16. The summed E-state index contributed by atoms with van der Waals surface area (Å²) < 4.78 is 2.12. The Morgan fingerprint density at radius 2 is 2.00 bits per heavy atom. The van der Waals surface area contributed by atoms with Gasteiger partial charge in [0.25, 0.3) is 0 Å². The summed E-state index contributed by atoms with van der Waals surface area (Å²) >= 11 is 0. The highest BCUT2D eigenvalue weighted by molar-refractivity contribution is 5.45. The van der Waals surface area contributed by atoms with E-state index < -0.39 is 0 Å². The summed E-state index contributed by atoms with van der Waals surface area (Å²) in [6, 6.07) is 6.55. The van der Waals surface area contributed by atoms with Crippen LogP contribution in [0.25, 0.3) is 5.69 Å². The van der Waals surface area contributed by atoms with Crippen LogP contribution in [0.15, 0.2) is 24.4 Å². The Balaban J connectivity index is 2.42. The van der Waals surface area contributed by atoms with Crippen molar-refractivity contribution in [3.63, 3.8) is 0 Å². The van der Waals surface area contributed by atoms with Gasteiger partial charge in [0.2, 0.25) is 0 Å². The minimum Gasteiger partial charge on any atom is -0.313 e. The SMILES string of the molecule is CCCNCc1cnn(-c2cc(C)ccc2C)c1C(C)C. The quantitative estimate of drug-likeness (QED) is 0.809. The number of nitrogens with zero attached hydrogens (tertiary/aromatic N) is 2. The smallest absolute Gasteiger partial charge is 0.0680 e. The summed E-state index contributed by atoms with van der Waals surface area (Å²) in [6.45, 7) is 12.9. The zero-order valence-corrected chi connectivity index (χ0v) is 13.9. The Labute approximate surface area is 128 Å². The van der Waals surface area contributed by atoms with Crippen LogP contribution < -0.4 is 5.32 Å². The second-order valence-corrected chi connectivity index (χ2v) is 6.09. The van der Waals surface area contributed by atoms with Crippen molar-refractivity contribution >= 4 is 0 Å². The van der Waals surface area contributed by atoms with Gasteiger partial charge < -0.3 is 5.32 Å². The summed E-state index contributed by atoms with van der Waals surface area (Å²) in [6.07, 6.45) is 3.17. The Morgan fingerprint density at radius 1 is 1.24 bits per heavy atom. The van der Waals surface area contributed by atoms with Gasteiger partial charge >= 0.3 is 0 Å². The Hall–Kier alpha value is -1.61. The standard InChI is InChI=1S/C18H27N3/c1-6-9-19-11-16-12-20-21(18(16)13(2)3)17-10-14(4)7-8-15(17)5/h7-8,10,12-13,19H,6,9,11H2,1-5H3. The van der Waals surface area contributed by atoms with Crippen LogP contribution in [0, 0.1) is 13.8 Å². The van der Waals surface area contributed by atoms with Gasteiger partial charge in [0.1, 0.15) is 0 Å². The van der Waals surface area contributed by atoms with E-state index in [1.54, 1.807) is 0 Å². The van der Waals surface area contributed by atoms with E-state index in [0.29, 0.717) is 5.92 Å². The maximum absolute atomic E-state index is 4.66. The summed E-state index contributed by atoms with van der Waals surface area (Å²) in [5.41, 5.74) is 6.34. The molecule has 0 fully saturated rings. The van der Waals surface area contributed by atoms with Crippen LogP contribution in [0.5, 0.6) is 0 Å². The fourth-order valence-corrected chi connectivity index (χ4v) is 2.68. The topological polar surface area (TPSA) is 29.9 Å². The van der Waals surface area contributed by atoms with E-state index in [0.717, 1.165) is 19.5 Å². The van der Waals surface area contributed by atoms with Gasteiger partial charge in [0.05, 0.1) is 17.6 Å². The van der Waals surface area contributed by atoms with Crippen molar-refractivity contribution in [3.05, 3.63) is 46.8 Å². The minimum absolute atomic E-state index is 0.450. The molecule has 1 N–H and O–H groups in total. The maximum Gasteiger partial charge on any atom is 0.0680 e. The average Bonchev–Trinajstić information content (AvgIpc) is 2.86. The number of rotatable bonds is 6. The highest BCUT2D eigenvalue weighted by atomic mass is 15.3. The summed E-state index contributed by atoms with van der Waals surface area (Å²) in [5, 5.41) is 8.15. The van der Waals surface area contributed by atoms with Crippen molar-refractivity contribution in [3.8, 4) is 5.69 Å². The van der Waals surface area contributed by atoms with Gasteiger partial charge in [0, 0.05) is 12.1 Å². The monoisotopic (exact) mass is 285 g/mol. The Bertz CT molecular complexity index is 597. The summed E-state index contributed by atoms with van der Waals surface area (Å²) in [7, 11) is 0. The second kappa shape index (κ2) is 6.90. The van der Waals surface area contributed by atoms with Gasteiger partial charge in [-0.25, -0.2) is 4.68 Å². The molecular weight excluding hydrogens is 258 g/mol. The normalized spacial score (nSPS) is 11.3. The molecule has 0 bridgehead atoms. The van der Waals surface area contributed by atoms with E-state index in [1.807, 2.05) is 6.20 Å². The predicted octanol–water partition coefficient (Wildman–Crippen LogP) is 4.11. The first-order valence-electron chi connectivity index (χ1n) is 7.89. The van der Waals surface area contributed by atoms with Crippen molar-refractivity contribution in [1.29, 1.82) is 0 Å². The molecule has 3 heteroatoms. The molecule has 0 saturated carbocycles. The first-order chi connectivity index (χ1) is 10.0. The van der Waals surface area contributed by atoms with E-state index in [1.165, 1.54) is 28.1 Å². The molecule has 0 amide bonds. The lowest BCUT2D eigenvalue weighted by Crippen LogP contribution is -2.16. The largest absolute Gasteiger partial charge is 0.313 e. The van der Waals surface area contributed by atoms with Crippen molar-refractivity contribution in [2.75, 3.05) is 6.54 Å². The predicted molar refractivity (Wildman–Crippen MR) is 89.1 cm³/mol. The van der Waals surface area contributed by atoms with Gasteiger partial charge in [-0.15, -0.1) is 0 Å². The zero-order chi connectivity index (χ0) is 15.4. The number of nitrogens with one attached hydrogen (secondary N) is 1. The van der Waals surface area contributed by atoms with Crippen molar-refractivity contribution in [2.45, 2.75) is 53.5 Å². The van der Waals surface area contributed by atoms with Crippen LogP contribution in [0.2, 0.25) is 0 Å². The lowest BCUT2D eigenvalue weighted by Gasteiger charge is -2.15. The fraction of sp³-hybridized carbons (Fsp3) is 0.500. The van der Waals surface area contributed by atoms with Crippen LogP contribution in [-0.2, 0) is 6.54 Å². The van der Waals surface area contributed by atoms with Gasteiger partial charge in [-0.2, -0.15) is 5.10 Å². The highest BCUT2D eigenvalue weighted by Crippen LogP contribution is 2.25. The van der Waals surface area contributed by atoms with Crippen molar-refractivity contribution in [1.82, 2.24) is 15.1 Å². The summed E-state index contributed by atoms with van der Waals surface area (Å²) in [4.78, 5) is 0. The third kappa shape index (κ3) is 3.53. The number of aryl methyl sites for hydroxylation is 2. The van der Waals surface area contributed by atoms with Gasteiger partial charge in [-0.1, -0.05) is 32.9 Å². The lowest BCUT2D eigenvalue weighted by atomic mass is 10.0. The molecule has 0 radical (unpaired) electrons. The molecule has 0 aliphatic heterocycles. The Morgan fingerprint density at radius 3 is 2.67 bits per heavy atom. The van der Waals surface area contributed by atoms with Gasteiger partial charge in [0.15, 0.2) is 0 Å². The molecule has 1 heterocycles. The molecule has 0 atom stereocenters. The molecule has 2 aromatic rings. The van der Waals surface area contributed by atoms with E-state index in [9.17, 15) is 0 Å². The van der Waals surface area contributed by atoms with E-state index in [4.69, 9.17) is 0 Å². The molecule has 114 valence electrons. The molecule has 0 aliphatic carbocycles. The van der Waals surface area contributed by atoms with E-state index in [-0.39, 0.29) is 0 Å². The van der Waals surface area contributed by atoms with Gasteiger partial charge in [-0.05, 0) is 49.9 Å². The second-order valence-electron chi connectivity index (χ2n) is 6.09. The third-order valence-electron chi connectivity index (χ3n) is 3.77. The van der Waals surface area contributed by atoms with Crippen LogP contribution in [0.3, 0.4) is 0 Å².